The number of fused-ring (bicyclic) bond motifs is 5. The number of allylic oxidation sites excluding steroid dienone is 2. The lowest BCUT2D eigenvalue weighted by molar-refractivity contribution is -0.141. The van der Waals surface area contributed by atoms with Crippen LogP contribution in [0.2, 0.25) is 0 Å². The number of carbonyl (C=O) groups excluding carboxylic acids is 2. The van der Waals surface area contributed by atoms with Crippen molar-refractivity contribution in [1.82, 2.24) is 4.90 Å². The monoisotopic (exact) mass is 481 g/mol. The van der Waals surface area contributed by atoms with Crippen molar-refractivity contribution in [3.8, 4) is 0 Å². The lowest BCUT2D eigenvalue weighted by Gasteiger charge is -2.34. The Bertz CT molecular complexity index is 694. The van der Waals surface area contributed by atoms with Crippen LogP contribution in [0.5, 0.6) is 0 Å². The SMILES string of the molecule is O=C(O)CCCCCN1C(=O)[C@H]2[C@H](C1=O)[C@@]1(Cl)C(Cl)=C(Cl)[C@@]2(Cl)C1(Cl)Cl. The fourth-order valence-electron chi connectivity index (χ4n) is 4.00. The zero-order chi connectivity index (χ0) is 19.7. The van der Waals surface area contributed by atoms with Crippen molar-refractivity contribution in [3.63, 3.8) is 0 Å². The minimum absolute atomic E-state index is 0.0267. The van der Waals surface area contributed by atoms with Crippen molar-refractivity contribution in [3.05, 3.63) is 10.1 Å². The number of likely N-dealkylation sites (tertiary alicyclic amines) is 1. The van der Waals surface area contributed by atoms with E-state index in [-0.39, 0.29) is 23.0 Å². The van der Waals surface area contributed by atoms with Crippen LogP contribution in [0, 0.1) is 11.8 Å². The number of hydrogen-bond donors (Lipinski definition) is 1. The molecule has 0 radical (unpaired) electrons. The molecular formula is C15H13Cl6NO4. The molecule has 4 atom stereocenters. The maximum absolute atomic E-state index is 12.9. The molecule has 0 aromatic rings. The van der Waals surface area contributed by atoms with Crippen LogP contribution in [0.4, 0.5) is 0 Å². The van der Waals surface area contributed by atoms with Gasteiger partial charge in [-0.1, -0.05) is 52.8 Å². The average molecular weight is 484 g/mol. The molecule has 0 unspecified atom stereocenters. The van der Waals surface area contributed by atoms with Gasteiger partial charge in [0.2, 0.25) is 11.8 Å². The van der Waals surface area contributed by atoms with Crippen molar-refractivity contribution in [2.45, 2.75) is 39.8 Å². The van der Waals surface area contributed by atoms with Gasteiger partial charge >= 0.3 is 5.97 Å². The Labute approximate surface area is 179 Å². The van der Waals surface area contributed by atoms with Crippen molar-refractivity contribution in [2.24, 2.45) is 11.8 Å². The molecular weight excluding hydrogens is 471 g/mol. The minimum atomic E-state index is -1.93. The topological polar surface area (TPSA) is 74.7 Å². The minimum Gasteiger partial charge on any atom is -0.481 e. The van der Waals surface area contributed by atoms with Gasteiger partial charge in [-0.25, -0.2) is 0 Å². The molecule has 5 nitrogen and oxygen atoms in total. The molecule has 144 valence electrons. The molecule has 1 saturated carbocycles. The summed E-state index contributed by atoms with van der Waals surface area (Å²) >= 11 is 38.3. The maximum atomic E-state index is 12.9. The highest BCUT2D eigenvalue weighted by molar-refractivity contribution is 6.66. The zero-order valence-corrected chi connectivity index (χ0v) is 17.6. The number of carboxylic acid groups (broad SMARTS) is 1. The Balaban J connectivity index is 1.83. The summed E-state index contributed by atoms with van der Waals surface area (Å²) in [4.78, 5) is 33.8. The normalized spacial score (nSPS) is 37.7. The summed E-state index contributed by atoms with van der Waals surface area (Å²) in [5.74, 6) is -4.22. The molecule has 3 aliphatic rings. The summed E-state index contributed by atoms with van der Waals surface area (Å²) in [6.07, 6.45) is 1.48. The highest BCUT2D eigenvalue weighted by Gasteiger charge is 2.87. The van der Waals surface area contributed by atoms with Gasteiger partial charge < -0.3 is 5.11 Å². The third-order valence-electron chi connectivity index (χ3n) is 5.27. The van der Waals surface area contributed by atoms with E-state index in [1.165, 1.54) is 0 Å². The van der Waals surface area contributed by atoms with E-state index in [1.807, 2.05) is 0 Å². The van der Waals surface area contributed by atoms with Crippen LogP contribution >= 0.6 is 69.6 Å². The fourth-order valence-corrected chi connectivity index (χ4v) is 6.93. The number of hydrogen-bond acceptors (Lipinski definition) is 3. The first-order chi connectivity index (χ1) is 11.9. The Morgan fingerprint density at radius 1 is 0.923 bits per heavy atom. The highest BCUT2D eigenvalue weighted by Crippen LogP contribution is 2.77. The summed E-state index contributed by atoms with van der Waals surface area (Å²) in [5, 5.41) is 8.40. The second-order valence-corrected chi connectivity index (χ2v) is 9.89. The maximum Gasteiger partial charge on any atom is 0.303 e. The summed E-state index contributed by atoms with van der Waals surface area (Å²) in [7, 11) is 0. The van der Waals surface area contributed by atoms with Gasteiger partial charge in [0, 0.05) is 13.0 Å². The first-order valence-corrected chi connectivity index (χ1v) is 10.1. The van der Waals surface area contributed by atoms with Crippen LogP contribution in [0.15, 0.2) is 10.1 Å². The van der Waals surface area contributed by atoms with Gasteiger partial charge in [0.15, 0.2) is 4.33 Å². The molecule has 11 heteroatoms. The molecule has 3 rings (SSSR count). The second-order valence-electron chi connectivity index (χ2n) is 6.61. The standard InChI is InChI=1S/C15H13Cl6NO4/c16-9-10(17)14(19)8-7(13(9,18)15(14,20)21)11(25)22(12(8)26)5-3-1-2-4-6(23)24/h7-8H,1-5H2,(H,23,24)/t7-,8-,13-,14-/m1/s1. The molecule has 2 fully saturated rings. The average Bonchev–Trinajstić information content (AvgIpc) is 2.93. The molecule has 1 N–H and O–H groups in total. The molecule has 0 aromatic carbocycles. The summed E-state index contributed by atoms with van der Waals surface area (Å²) in [5.41, 5.74) is 0. The smallest absolute Gasteiger partial charge is 0.303 e. The number of halogens is 6. The van der Waals surface area contributed by atoms with Crippen LogP contribution in [0.25, 0.3) is 0 Å². The predicted molar refractivity (Wildman–Crippen MR) is 100 cm³/mol. The third kappa shape index (κ3) is 2.34. The van der Waals surface area contributed by atoms with E-state index >= 15 is 0 Å². The summed E-state index contributed by atoms with van der Waals surface area (Å²) in [6.45, 7) is 0.122. The van der Waals surface area contributed by atoms with Gasteiger partial charge in [0.05, 0.1) is 21.9 Å². The number of rotatable bonds is 6. The number of amides is 2. The molecule has 2 bridgehead atoms. The van der Waals surface area contributed by atoms with E-state index in [0.29, 0.717) is 19.3 Å². The number of carbonyl (C=O) groups is 3. The van der Waals surface area contributed by atoms with Crippen molar-refractivity contribution >= 4 is 87.4 Å². The predicted octanol–water partition coefficient (Wildman–Crippen LogP) is 4.08. The Kier molecular flexibility index (Phi) is 5.26. The molecule has 0 spiro atoms. The quantitative estimate of drug-likeness (QED) is 0.351. The van der Waals surface area contributed by atoms with Gasteiger partial charge in [-0.2, -0.15) is 0 Å². The number of carboxylic acids is 1. The highest BCUT2D eigenvalue weighted by atomic mass is 35.5. The first kappa shape index (κ1) is 20.8. The zero-order valence-electron chi connectivity index (χ0n) is 13.1. The molecule has 26 heavy (non-hydrogen) atoms. The van der Waals surface area contributed by atoms with Crippen molar-refractivity contribution < 1.29 is 19.5 Å². The lowest BCUT2D eigenvalue weighted by Crippen LogP contribution is -2.50. The molecule has 1 aliphatic heterocycles. The van der Waals surface area contributed by atoms with E-state index in [2.05, 4.69) is 0 Å². The van der Waals surface area contributed by atoms with Crippen molar-refractivity contribution in [1.29, 1.82) is 0 Å². The molecule has 2 amide bonds. The summed E-state index contributed by atoms with van der Waals surface area (Å²) < 4.78 is -1.93. The Hall–Kier alpha value is 0.0900. The number of unbranched alkanes of at least 4 members (excludes halogenated alkanes) is 2. The molecule has 0 aromatic heterocycles. The van der Waals surface area contributed by atoms with Gasteiger partial charge in [-0.3, -0.25) is 19.3 Å². The number of imide groups is 1. The van der Waals surface area contributed by atoms with E-state index in [4.69, 9.17) is 74.7 Å². The van der Waals surface area contributed by atoms with Gasteiger partial charge in [-0.15, -0.1) is 23.2 Å². The van der Waals surface area contributed by atoms with Crippen LogP contribution in [0.3, 0.4) is 0 Å². The van der Waals surface area contributed by atoms with Crippen LogP contribution < -0.4 is 0 Å². The fraction of sp³-hybridized carbons (Fsp3) is 0.667. The Morgan fingerprint density at radius 3 is 1.81 bits per heavy atom. The first-order valence-electron chi connectivity index (χ1n) is 7.82. The molecule has 2 aliphatic carbocycles. The van der Waals surface area contributed by atoms with Crippen LogP contribution in [-0.2, 0) is 14.4 Å². The number of aliphatic carboxylic acids is 1. The van der Waals surface area contributed by atoms with Gasteiger partial charge in [-0.05, 0) is 12.8 Å². The van der Waals surface area contributed by atoms with E-state index in [1.54, 1.807) is 0 Å². The van der Waals surface area contributed by atoms with Crippen LogP contribution in [0.1, 0.15) is 25.7 Å². The van der Waals surface area contributed by atoms with Crippen LogP contribution in [-0.4, -0.2) is 48.4 Å². The number of nitrogens with zero attached hydrogens (tertiary/aromatic N) is 1. The van der Waals surface area contributed by atoms with Gasteiger partial charge in [0.1, 0.15) is 9.75 Å². The summed E-state index contributed by atoms with van der Waals surface area (Å²) in [6, 6.07) is 0. The van der Waals surface area contributed by atoms with E-state index < -0.39 is 43.7 Å². The van der Waals surface area contributed by atoms with Gasteiger partial charge in [0.25, 0.3) is 0 Å². The molecule has 1 heterocycles. The molecule has 1 saturated heterocycles. The lowest BCUT2D eigenvalue weighted by atomic mass is 9.84. The number of alkyl halides is 4. The largest absolute Gasteiger partial charge is 0.481 e. The van der Waals surface area contributed by atoms with E-state index in [0.717, 1.165) is 4.90 Å². The second kappa shape index (κ2) is 6.57. The van der Waals surface area contributed by atoms with Crippen molar-refractivity contribution in [2.75, 3.05) is 6.54 Å². The third-order valence-corrected chi connectivity index (χ3v) is 9.53. The van der Waals surface area contributed by atoms with E-state index in [9.17, 15) is 14.4 Å². The Morgan fingerprint density at radius 2 is 1.38 bits per heavy atom.